The number of rotatable bonds is 7. The van der Waals surface area contributed by atoms with Gasteiger partial charge in [0.25, 0.3) is 5.91 Å². The number of aliphatic hydroxyl groups is 1. The summed E-state index contributed by atoms with van der Waals surface area (Å²) < 4.78 is 42.5. The van der Waals surface area contributed by atoms with Crippen molar-refractivity contribution >= 4 is 11.9 Å². The first-order valence-electron chi connectivity index (χ1n) is 8.49. The minimum absolute atomic E-state index is 0.0165. The maximum Gasteiger partial charge on any atom is 0.416 e. The summed E-state index contributed by atoms with van der Waals surface area (Å²) in [7, 11) is 1.18. The molecular weight excluding hydrogens is 375 g/mol. The van der Waals surface area contributed by atoms with Gasteiger partial charge in [-0.05, 0) is 36.1 Å². The van der Waals surface area contributed by atoms with Crippen molar-refractivity contribution in [2.45, 2.75) is 31.2 Å². The molecule has 0 aliphatic carbocycles. The number of carbonyl (C=O) groups is 2. The summed E-state index contributed by atoms with van der Waals surface area (Å²) in [6.45, 7) is 0. The van der Waals surface area contributed by atoms with Crippen molar-refractivity contribution < 1.29 is 32.6 Å². The standard InChI is InChI=1S/C20H20F3NO4/c1-28-19(27)16(12-7-13-5-3-2-4-6-13)24-18(26)17(25)14-8-10-15(11-9-14)20(21,22)23/h2-6,8-11,16-17,25H,7,12H2,1H3,(H,24,26)/t16-,17-/m0/s1. The molecule has 0 spiro atoms. The molecule has 0 saturated heterocycles. The molecule has 0 radical (unpaired) electrons. The first-order chi connectivity index (χ1) is 13.2. The summed E-state index contributed by atoms with van der Waals surface area (Å²) in [5.74, 6) is -1.58. The van der Waals surface area contributed by atoms with Gasteiger partial charge in [-0.1, -0.05) is 42.5 Å². The van der Waals surface area contributed by atoms with Gasteiger partial charge in [0.05, 0.1) is 12.7 Å². The average Bonchev–Trinajstić information content (AvgIpc) is 2.70. The van der Waals surface area contributed by atoms with Gasteiger partial charge in [-0.15, -0.1) is 0 Å². The van der Waals surface area contributed by atoms with E-state index in [2.05, 4.69) is 10.1 Å². The van der Waals surface area contributed by atoms with Gasteiger partial charge in [0.2, 0.25) is 0 Å². The molecule has 5 nitrogen and oxygen atoms in total. The molecule has 0 aliphatic heterocycles. The highest BCUT2D eigenvalue weighted by molar-refractivity contribution is 5.87. The number of hydrogen-bond donors (Lipinski definition) is 2. The Bertz CT molecular complexity index is 791. The number of alkyl halides is 3. The zero-order valence-corrected chi connectivity index (χ0v) is 15.1. The number of hydrogen-bond acceptors (Lipinski definition) is 4. The highest BCUT2D eigenvalue weighted by atomic mass is 19.4. The zero-order valence-electron chi connectivity index (χ0n) is 15.1. The van der Waals surface area contributed by atoms with Crippen LogP contribution in [0.15, 0.2) is 54.6 Å². The third kappa shape index (κ3) is 5.82. The van der Waals surface area contributed by atoms with Crippen molar-refractivity contribution in [2.24, 2.45) is 0 Å². The van der Waals surface area contributed by atoms with Crippen molar-refractivity contribution in [1.29, 1.82) is 0 Å². The molecule has 2 N–H and O–H groups in total. The van der Waals surface area contributed by atoms with Crippen LogP contribution >= 0.6 is 0 Å². The number of halogens is 3. The van der Waals surface area contributed by atoms with Crippen LogP contribution in [0.3, 0.4) is 0 Å². The lowest BCUT2D eigenvalue weighted by atomic mass is 10.0. The Labute approximate surface area is 160 Å². The van der Waals surface area contributed by atoms with Crippen LogP contribution in [0.5, 0.6) is 0 Å². The van der Waals surface area contributed by atoms with Gasteiger partial charge in [0.15, 0.2) is 6.10 Å². The first-order valence-corrected chi connectivity index (χ1v) is 8.49. The number of nitrogens with one attached hydrogen (secondary N) is 1. The molecule has 28 heavy (non-hydrogen) atoms. The number of aryl methyl sites for hydroxylation is 1. The third-order valence-corrected chi connectivity index (χ3v) is 4.17. The summed E-state index contributed by atoms with van der Waals surface area (Å²) in [5, 5.41) is 12.5. The van der Waals surface area contributed by atoms with Crippen LogP contribution in [0.1, 0.15) is 29.2 Å². The predicted octanol–water partition coefficient (Wildman–Crippen LogP) is 3.03. The summed E-state index contributed by atoms with van der Waals surface area (Å²) in [6, 6.07) is 11.9. The molecule has 8 heteroatoms. The molecule has 150 valence electrons. The predicted molar refractivity (Wildman–Crippen MR) is 95.1 cm³/mol. The van der Waals surface area contributed by atoms with Gasteiger partial charge < -0.3 is 15.2 Å². The topological polar surface area (TPSA) is 75.6 Å². The molecule has 1 amide bonds. The summed E-state index contributed by atoms with van der Waals surface area (Å²) in [6.07, 6.45) is -5.51. The van der Waals surface area contributed by atoms with Crippen LogP contribution in [-0.2, 0) is 26.9 Å². The molecule has 2 aromatic rings. The van der Waals surface area contributed by atoms with Crippen molar-refractivity contribution in [3.8, 4) is 0 Å². The third-order valence-electron chi connectivity index (χ3n) is 4.17. The quantitative estimate of drug-likeness (QED) is 0.707. The van der Waals surface area contributed by atoms with Crippen LogP contribution in [-0.4, -0.2) is 30.1 Å². The fourth-order valence-corrected chi connectivity index (χ4v) is 2.60. The van der Waals surface area contributed by atoms with E-state index in [1.54, 1.807) is 0 Å². The Morgan fingerprint density at radius 1 is 1.07 bits per heavy atom. The van der Waals surface area contributed by atoms with Crippen LogP contribution in [0.4, 0.5) is 13.2 Å². The number of amides is 1. The normalized spacial score (nSPS) is 13.5. The molecule has 0 bridgehead atoms. The van der Waals surface area contributed by atoms with E-state index in [1.807, 2.05) is 30.3 Å². The van der Waals surface area contributed by atoms with E-state index < -0.39 is 35.8 Å². The molecule has 0 saturated carbocycles. The number of esters is 1. The maximum atomic E-state index is 12.6. The van der Waals surface area contributed by atoms with E-state index in [1.165, 1.54) is 7.11 Å². The van der Waals surface area contributed by atoms with Gasteiger partial charge in [0.1, 0.15) is 6.04 Å². The van der Waals surface area contributed by atoms with E-state index in [-0.39, 0.29) is 12.0 Å². The van der Waals surface area contributed by atoms with Gasteiger partial charge in [0, 0.05) is 0 Å². The fourth-order valence-electron chi connectivity index (χ4n) is 2.60. The van der Waals surface area contributed by atoms with E-state index >= 15 is 0 Å². The minimum atomic E-state index is -4.51. The molecule has 0 aliphatic rings. The van der Waals surface area contributed by atoms with Crippen molar-refractivity contribution in [3.05, 3.63) is 71.3 Å². The highest BCUT2D eigenvalue weighted by Crippen LogP contribution is 2.30. The minimum Gasteiger partial charge on any atom is -0.467 e. The van der Waals surface area contributed by atoms with Crippen molar-refractivity contribution in [3.63, 3.8) is 0 Å². The summed E-state index contributed by atoms with van der Waals surface area (Å²) >= 11 is 0. The number of aliphatic hydroxyl groups excluding tert-OH is 1. The maximum absolute atomic E-state index is 12.6. The Hall–Kier alpha value is -2.87. The van der Waals surface area contributed by atoms with Crippen LogP contribution < -0.4 is 5.32 Å². The number of methoxy groups -OCH3 is 1. The number of benzene rings is 2. The van der Waals surface area contributed by atoms with Gasteiger partial charge in [-0.2, -0.15) is 13.2 Å². The Kier molecular flexibility index (Phi) is 7.17. The largest absolute Gasteiger partial charge is 0.467 e. The molecule has 2 atom stereocenters. The van der Waals surface area contributed by atoms with E-state index in [4.69, 9.17) is 0 Å². The fraction of sp³-hybridized carbons (Fsp3) is 0.300. The smallest absolute Gasteiger partial charge is 0.416 e. The van der Waals surface area contributed by atoms with Crippen LogP contribution in [0.2, 0.25) is 0 Å². The zero-order chi connectivity index (χ0) is 20.7. The molecule has 0 unspecified atom stereocenters. The highest BCUT2D eigenvalue weighted by Gasteiger charge is 2.31. The Balaban J connectivity index is 2.04. The molecule has 0 aromatic heterocycles. The molecule has 0 heterocycles. The second-order valence-electron chi connectivity index (χ2n) is 6.13. The molecular formula is C20H20F3NO4. The molecule has 2 rings (SSSR count). The van der Waals surface area contributed by atoms with Gasteiger partial charge >= 0.3 is 12.1 Å². The van der Waals surface area contributed by atoms with E-state index in [0.29, 0.717) is 6.42 Å². The van der Waals surface area contributed by atoms with E-state index in [9.17, 15) is 27.9 Å². The monoisotopic (exact) mass is 395 g/mol. The lowest BCUT2D eigenvalue weighted by molar-refractivity contribution is -0.146. The van der Waals surface area contributed by atoms with E-state index in [0.717, 1.165) is 29.8 Å². The van der Waals surface area contributed by atoms with Crippen LogP contribution in [0.25, 0.3) is 0 Å². The van der Waals surface area contributed by atoms with Gasteiger partial charge in [-0.25, -0.2) is 4.79 Å². The number of carbonyl (C=O) groups excluding carboxylic acids is 2. The van der Waals surface area contributed by atoms with Gasteiger partial charge in [-0.3, -0.25) is 4.79 Å². The van der Waals surface area contributed by atoms with Crippen LogP contribution in [0, 0.1) is 0 Å². The Morgan fingerprint density at radius 3 is 2.21 bits per heavy atom. The van der Waals surface area contributed by atoms with Crippen molar-refractivity contribution in [2.75, 3.05) is 7.11 Å². The lowest BCUT2D eigenvalue weighted by Gasteiger charge is -2.19. The molecule has 2 aromatic carbocycles. The first kappa shape index (κ1) is 21.4. The number of ether oxygens (including phenoxy) is 1. The summed E-state index contributed by atoms with van der Waals surface area (Å²) in [5.41, 5.74) is 0.0465. The lowest BCUT2D eigenvalue weighted by Crippen LogP contribution is -2.44. The summed E-state index contributed by atoms with van der Waals surface area (Å²) in [4.78, 5) is 24.2. The van der Waals surface area contributed by atoms with Crippen molar-refractivity contribution in [1.82, 2.24) is 5.32 Å². The second kappa shape index (κ2) is 9.36. The second-order valence-corrected chi connectivity index (χ2v) is 6.13. The molecule has 0 fully saturated rings. The Morgan fingerprint density at radius 2 is 1.68 bits per heavy atom. The SMILES string of the molecule is COC(=O)[C@H](CCc1ccccc1)NC(=O)[C@@H](O)c1ccc(C(F)(F)F)cc1. The average molecular weight is 395 g/mol.